The van der Waals surface area contributed by atoms with Gasteiger partial charge in [-0.25, -0.2) is 0 Å². The standard InChI is InChI=1S/CH3.2HI.Ir/h1H3;2*1H;/q-1;;;+3/p-2. The summed E-state index contributed by atoms with van der Waals surface area (Å²) >= 11 is 4.80. The Morgan fingerprint density at radius 1 is 1.25 bits per heavy atom. The van der Waals surface area contributed by atoms with E-state index in [1.165, 1.54) is 0 Å². The summed E-state index contributed by atoms with van der Waals surface area (Å²) in [5.41, 5.74) is 0. The van der Waals surface area contributed by atoms with Crippen molar-refractivity contribution in [3.05, 3.63) is 7.43 Å². The molecular weight excluding hydrogens is 458 g/mol. The molecule has 0 amide bonds. The Hall–Kier alpha value is 2.11. The van der Waals surface area contributed by atoms with Gasteiger partial charge in [-0.2, -0.15) is 0 Å². The van der Waals surface area contributed by atoms with Crippen LogP contribution in [0.1, 0.15) is 0 Å². The van der Waals surface area contributed by atoms with E-state index < -0.39 is 0 Å². The molecule has 0 saturated heterocycles. The third-order valence-corrected chi connectivity index (χ3v) is 0. The monoisotopic (exact) mass is 462 g/mol. The van der Waals surface area contributed by atoms with E-state index in [0.29, 0.717) is 10.5 Å². The van der Waals surface area contributed by atoms with Crippen LogP contribution in [0.5, 0.6) is 0 Å². The Labute approximate surface area is 56.2 Å². The zero-order valence-corrected chi connectivity index (χ0v) is 8.80. The average molecular weight is 461 g/mol. The van der Waals surface area contributed by atoms with Crippen molar-refractivity contribution in [2.75, 3.05) is 0 Å². The topological polar surface area (TPSA) is 0 Å². The molecule has 0 aliphatic carbocycles. The summed E-state index contributed by atoms with van der Waals surface area (Å²) in [6.45, 7) is 0. The first-order valence-electron chi connectivity index (χ1n) is 0.252. The minimum atomic E-state index is 0. The summed E-state index contributed by atoms with van der Waals surface area (Å²) in [7, 11) is 0.440. The molecule has 0 aliphatic rings. The Kier molecular flexibility index (Phi) is 21.1. The molecule has 30 valence electrons. The molecule has 0 unspecified atom stereocenters. The minimum absolute atomic E-state index is 0. The Balaban J connectivity index is 0. The fraction of sp³-hybridized carbons (Fsp3) is 0. The molecule has 0 saturated carbocycles. The molecule has 0 aromatic carbocycles. The molecule has 0 rings (SSSR count). The van der Waals surface area contributed by atoms with Gasteiger partial charge in [-0.3, -0.25) is 0 Å². The zero-order valence-electron chi connectivity index (χ0n) is 2.09. The second-order valence-corrected chi connectivity index (χ2v) is 17.5. The van der Waals surface area contributed by atoms with Gasteiger partial charge in [0.25, 0.3) is 0 Å². The first kappa shape index (κ1) is 9.44. The van der Waals surface area contributed by atoms with E-state index in [1.807, 2.05) is 0 Å². The van der Waals surface area contributed by atoms with E-state index in [0.717, 1.165) is 0 Å². The summed E-state index contributed by atoms with van der Waals surface area (Å²) in [4.78, 5) is 0. The van der Waals surface area contributed by atoms with Crippen molar-refractivity contribution >= 4 is 39.2 Å². The van der Waals surface area contributed by atoms with E-state index in [9.17, 15) is 0 Å². The SMILES string of the molecule is [CH3-].[I][Ir+][I]. The molecule has 0 nitrogen and oxygen atoms in total. The van der Waals surface area contributed by atoms with E-state index in [2.05, 4.69) is 39.2 Å². The summed E-state index contributed by atoms with van der Waals surface area (Å²) < 4.78 is 0. The number of halogens is 2. The van der Waals surface area contributed by atoms with Crippen LogP contribution in [0.15, 0.2) is 0 Å². The normalized spacial score (nSPS) is 5.50. The van der Waals surface area contributed by atoms with Gasteiger partial charge in [0.1, 0.15) is 0 Å². The predicted octanol–water partition coefficient (Wildman–Crippen LogP) is 2.22. The fourth-order valence-corrected chi connectivity index (χ4v) is 0. The molecule has 0 aromatic rings. The number of rotatable bonds is 0. The van der Waals surface area contributed by atoms with Crippen molar-refractivity contribution in [3.63, 3.8) is 0 Å². The van der Waals surface area contributed by atoms with Gasteiger partial charge in [-0.1, -0.05) is 0 Å². The van der Waals surface area contributed by atoms with Gasteiger partial charge in [-0.15, -0.1) is 0 Å². The molecule has 0 N–H and O–H groups in total. The van der Waals surface area contributed by atoms with Crippen molar-refractivity contribution in [2.45, 2.75) is 0 Å². The summed E-state index contributed by atoms with van der Waals surface area (Å²) in [6, 6.07) is 0. The Morgan fingerprint density at radius 2 is 1.25 bits per heavy atom. The van der Waals surface area contributed by atoms with Crippen molar-refractivity contribution in [1.29, 1.82) is 0 Å². The average Bonchev–Trinajstić information content (AvgIpc) is 0.918. The van der Waals surface area contributed by atoms with Crippen molar-refractivity contribution in [2.24, 2.45) is 0 Å². The first-order chi connectivity index (χ1) is 1.41. The number of hydrogen-bond acceptors (Lipinski definition) is 0. The van der Waals surface area contributed by atoms with E-state index in [4.69, 9.17) is 0 Å². The molecule has 0 bridgehead atoms. The molecule has 0 atom stereocenters. The van der Waals surface area contributed by atoms with Crippen molar-refractivity contribution in [1.82, 2.24) is 0 Å². The molecule has 0 fully saturated rings. The van der Waals surface area contributed by atoms with Crippen LogP contribution in [0.2, 0.25) is 0 Å². The third kappa shape index (κ3) is 8.93. The maximum atomic E-state index is 2.40. The van der Waals surface area contributed by atoms with Gasteiger partial charge in [0.15, 0.2) is 0 Å². The van der Waals surface area contributed by atoms with Crippen molar-refractivity contribution < 1.29 is 10.5 Å². The number of hydrogen-bond donors (Lipinski definition) is 0. The van der Waals surface area contributed by atoms with Crippen molar-refractivity contribution in [3.8, 4) is 0 Å². The maximum absolute atomic E-state index is 2.40. The first-order valence-corrected chi connectivity index (χ1v) is 13.8. The van der Waals surface area contributed by atoms with Gasteiger partial charge < -0.3 is 7.43 Å². The van der Waals surface area contributed by atoms with E-state index in [-0.39, 0.29) is 7.43 Å². The molecule has 0 aliphatic heterocycles. The van der Waals surface area contributed by atoms with E-state index >= 15 is 0 Å². The summed E-state index contributed by atoms with van der Waals surface area (Å²) in [5.74, 6) is 0. The van der Waals surface area contributed by atoms with Gasteiger partial charge in [0.2, 0.25) is 0 Å². The van der Waals surface area contributed by atoms with Gasteiger partial charge in [0, 0.05) is 0 Å². The van der Waals surface area contributed by atoms with Crippen LogP contribution in [-0.4, -0.2) is 0 Å². The molecule has 0 spiro atoms. The van der Waals surface area contributed by atoms with Gasteiger partial charge >= 0.3 is 49.7 Å². The van der Waals surface area contributed by atoms with Gasteiger partial charge in [0.05, 0.1) is 0 Å². The molecule has 4 heavy (non-hydrogen) atoms. The Morgan fingerprint density at radius 3 is 1.25 bits per heavy atom. The van der Waals surface area contributed by atoms with Crippen LogP contribution < -0.4 is 0 Å². The van der Waals surface area contributed by atoms with Crippen LogP contribution >= 0.6 is 39.2 Å². The van der Waals surface area contributed by atoms with Crippen LogP contribution in [0, 0.1) is 7.43 Å². The third-order valence-electron chi connectivity index (χ3n) is 0. The molecule has 3 heteroatoms. The summed E-state index contributed by atoms with van der Waals surface area (Å²) in [5, 5.41) is 0. The molecule has 0 aromatic heterocycles. The fourth-order valence-electron chi connectivity index (χ4n) is 0. The molecule has 0 radical (unpaired) electrons. The quantitative estimate of drug-likeness (QED) is 0.384. The van der Waals surface area contributed by atoms with Crippen LogP contribution in [0.4, 0.5) is 0 Å². The van der Waals surface area contributed by atoms with Gasteiger partial charge in [-0.05, 0) is 0 Å². The van der Waals surface area contributed by atoms with Crippen LogP contribution in [0.25, 0.3) is 0 Å². The van der Waals surface area contributed by atoms with Crippen LogP contribution in [-0.2, 0) is 10.5 Å². The van der Waals surface area contributed by atoms with E-state index in [1.54, 1.807) is 0 Å². The Bertz CT molecular complexity index is 6.00. The molecule has 0 heterocycles. The zero-order chi connectivity index (χ0) is 2.71. The second-order valence-electron chi connectivity index (χ2n) is 0.0476. The summed E-state index contributed by atoms with van der Waals surface area (Å²) in [6.07, 6.45) is 0. The predicted molar refractivity (Wildman–Crippen MR) is 34.5 cm³/mol. The molecular formula is CH3I2Ir. The van der Waals surface area contributed by atoms with Crippen LogP contribution in [0.3, 0.4) is 0 Å². The second kappa shape index (κ2) is 8.92.